The van der Waals surface area contributed by atoms with E-state index < -0.39 is 11.9 Å². The van der Waals surface area contributed by atoms with E-state index in [0.717, 1.165) is 38.5 Å². The molecule has 274 valence electrons. The Morgan fingerprint density at radius 1 is 0.480 bits per heavy atom. The predicted molar refractivity (Wildman–Crippen MR) is 243 cm³/mol. The number of aromatic carboxylic acids is 2. The van der Waals surface area contributed by atoms with Gasteiger partial charge in [0.15, 0.2) is 0 Å². The summed E-state index contributed by atoms with van der Waals surface area (Å²) in [5.41, 5.74) is 1.05. The molecule has 12 nitrogen and oxygen atoms in total. The molecule has 2 aromatic rings. The number of halogens is 6. The monoisotopic (exact) mass is 1370 g/mol. The zero-order valence-electron chi connectivity index (χ0n) is 27.1. The molecule has 0 saturated carbocycles. The number of amides is 4. The Morgan fingerprint density at radius 3 is 1.08 bits per heavy atom. The second kappa shape index (κ2) is 22.8. The standard InChI is InChI=1S/C32H36I6N4O8/c1-3-13-39-29(45)17-21(33)19(31(47)48)25(37)27(23(17)35)41-15(43)11-9-7-5-6-8-10-12-16(44)42-28-24(36)18(30(46)40-14-4-2)22(34)20(26(28)38)32(49)50/h3-14H2,1-2H3,(H,39,45)(H,40,46)(H,41,43)(H,42,44)(H,47,48)(H,49,50). The van der Waals surface area contributed by atoms with Crippen LogP contribution < -0.4 is 21.3 Å². The molecular formula is C32H36I6N4O8. The Morgan fingerprint density at radius 2 is 0.780 bits per heavy atom. The quantitative estimate of drug-likeness (QED) is 0.0595. The molecule has 0 atom stereocenters. The number of carbonyl (C=O) groups is 6. The van der Waals surface area contributed by atoms with Crippen LogP contribution >= 0.6 is 136 Å². The van der Waals surface area contributed by atoms with E-state index in [9.17, 15) is 39.0 Å². The van der Waals surface area contributed by atoms with Gasteiger partial charge >= 0.3 is 11.9 Å². The topological polar surface area (TPSA) is 191 Å². The first-order chi connectivity index (χ1) is 23.6. The van der Waals surface area contributed by atoms with Crippen molar-refractivity contribution in [1.29, 1.82) is 0 Å². The summed E-state index contributed by atoms with van der Waals surface area (Å²) >= 11 is 11.5. The van der Waals surface area contributed by atoms with Crippen LogP contribution in [0.25, 0.3) is 0 Å². The molecule has 18 heteroatoms. The normalized spacial score (nSPS) is 10.8. The lowest BCUT2D eigenvalue weighted by Gasteiger charge is -2.18. The molecule has 0 unspecified atom stereocenters. The molecule has 0 aliphatic rings. The number of nitrogens with one attached hydrogen (secondary N) is 4. The Bertz CT molecular complexity index is 1530. The molecule has 0 aliphatic heterocycles. The van der Waals surface area contributed by atoms with Gasteiger partial charge in [0.1, 0.15) is 0 Å². The Hall–Kier alpha value is -0.360. The maximum Gasteiger partial charge on any atom is 0.337 e. The average Bonchev–Trinajstić information content (AvgIpc) is 3.03. The summed E-state index contributed by atoms with van der Waals surface area (Å²) in [7, 11) is 0. The van der Waals surface area contributed by atoms with Crippen LogP contribution in [0.2, 0.25) is 0 Å². The van der Waals surface area contributed by atoms with Crippen LogP contribution in [0.5, 0.6) is 0 Å². The van der Waals surface area contributed by atoms with E-state index in [-0.39, 0.29) is 58.7 Å². The number of hydrogen-bond acceptors (Lipinski definition) is 6. The molecule has 0 bridgehead atoms. The van der Waals surface area contributed by atoms with Crippen LogP contribution in [0.3, 0.4) is 0 Å². The number of rotatable bonds is 19. The lowest BCUT2D eigenvalue weighted by atomic mass is 10.1. The van der Waals surface area contributed by atoms with E-state index >= 15 is 0 Å². The highest BCUT2D eigenvalue weighted by molar-refractivity contribution is 14.1. The van der Waals surface area contributed by atoms with Gasteiger partial charge in [-0.15, -0.1) is 0 Å². The van der Waals surface area contributed by atoms with E-state index in [4.69, 9.17) is 0 Å². The summed E-state index contributed by atoms with van der Waals surface area (Å²) in [6, 6.07) is 0. The lowest BCUT2D eigenvalue weighted by Crippen LogP contribution is -2.28. The third kappa shape index (κ3) is 12.6. The fraction of sp³-hybridized carbons (Fsp3) is 0.438. The van der Waals surface area contributed by atoms with Gasteiger partial charge in [0.25, 0.3) is 11.8 Å². The Kier molecular flexibility index (Phi) is 20.8. The van der Waals surface area contributed by atoms with Crippen LogP contribution in [0, 0.1) is 21.4 Å². The van der Waals surface area contributed by atoms with Crippen molar-refractivity contribution in [3.8, 4) is 0 Å². The van der Waals surface area contributed by atoms with E-state index in [2.05, 4.69) is 21.3 Å². The largest absolute Gasteiger partial charge is 0.478 e. The minimum absolute atomic E-state index is 0.0233. The third-order valence-electron chi connectivity index (χ3n) is 7.17. The number of hydrogen-bond donors (Lipinski definition) is 6. The number of anilines is 2. The molecule has 0 fully saturated rings. The summed E-state index contributed by atoms with van der Waals surface area (Å²) in [6.07, 6.45) is 6.39. The van der Waals surface area contributed by atoms with Crippen molar-refractivity contribution in [2.45, 2.75) is 78.1 Å². The van der Waals surface area contributed by atoms with Crippen molar-refractivity contribution < 1.29 is 39.0 Å². The SMILES string of the molecule is CCCNC(=O)c1c(I)c(NC(=O)CCCCCCCCC(=O)Nc2c(I)c(C(=O)O)c(I)c(C(=O)NCCC)c2I)c(I)c(C(=O)O)c1I. The number of carboxylic acids is 2. The minimum Gasteiger partial charge on any atom is -0.478 e. The first-order valence-electron chi connectivity index (χ1n) is 15.6. The summed E-state index contributed by atoms with van der Waals surface area (Å²) in [5.74, 6) is -3.68. The minimum atomic E-state index is -1.18. The molecular weight excluding hydrogens is 1330 g/mol. The molecule has 6 N–H and O–H groups in total. The van der Waals surface area contributed by atoms with E-state index in [1.54, 1.807) is 0 Å². The first kappa shape index (κ1) is 45.8. The summed E-state index contributed by atoms with van der Waals surface area (Å²) < 4.78 is 2.33. The van der Waals surface area contributed by atoms with Crippen molar-refractivity contribution in [1.82, 2.24) is 10.6 Å². The molecule has 50 heavy (non-hydrogen) atoms. The summed E-state index contributed by atoms with van der Waals surface area (Å²) in [5, 5.41) is 30.9. The molecule has 2 rings (SSSR count). The summed E-state index contributed by atoms with van der Waals surface area (Å²) in [6.45, 7) is 4.72. The highest BCUT2D eigenvalue weighted by Gasteiger charge is 2.29. The second-order valence-corrected chi connectivity index (χ2v) is 17.4. The van der Waals surface area contributed by atoms with Gasteiger partial charge in [-0.3, -0.25) is 19.2 Å². The van der Waals surface area contributed by atoms with Crippen LogP contribution in [-0.2, 0) is 9.59 Å². The van der Waals surface area contributed by atoms with E-state index in [1.807, 2.05) is 149 Å². The van der Waals surface area contributed by atoms with Gasteiger partial charge in [-0.2, -0.15) is 0 Å². The fourth-order valence-corrected chi connectivity index (χ4v) is 13.4. The number of carboxylic acid groups (broad SMARTS) is 2. The predicted octanol–water partition coefficient (Wildman–Crippen LogP) is 8.69. The average molecular weight is 1370 g/mol. The van der Waals surface area contributed by atoms with Crippen molar-refractivity contribution in [3.63, 3.8) is 0 Å². The molecule has 0 aliphatic carbocycles. The second-order valence-electron chi connectivity index (χ2n) is 11.0. The van der Waals surface area contributed by atoms with Crippen molar-refractivity contribution in [3.05, 3.63) is 43.7 Å². The van der Waals surface area contributed by atoms with Crippen LogP contribution in [0.15, 0.2) is 0 Å². The zero-order valence-corrected chi connectivity index (χ0v) is 40.0. The number of carbonyl (C=O) groups excluding carboxylic acids is 4. The van der Waals surface area contributed by atoms with Gasteiger partial charge < -0.3 is 31.5 Å². The molecule has 0 spiro atoms. The highest BCUT2D eigenvalue weighted by Crippen LogP contribution is 2.37. The lowest BCUT2D eigenvalue weighted by molar-refractivity contribution is -0.117. The first-order valence-corrected chi connectivity index (χ1v) is 22.1. The van der Waals surface area contributed by atoms with Crippen molar-refractivity contribution in [2.75, 3.05) is 23.7 Å². The molecule has 4 amide bonds. The third-order valence-corrected chi connectivity index (χ3v) is 13.6. The van der Waals surface area contributed by atoms with E-state index in [1.165, 1.54) is 0 Å². The molecule has 0 heterocycles. The number of unbranched alkanes of at least 4 members (excludes halogenated alkanes) is 5. The van der Waals surface area contributed by atoms with Gasteiger partial charge in [0.2, 0.25) is 11.8 Å². The van der Waals surface area contributed by atoms with Gasteiger partial charge in [0.05, 0.1) is 47.9 Å². The van der Waals surface area contributed by atoms with E-state index in [0.29, 0.717) is 58.7 Å². The van der Waals surface area contributed by atoms with Crippen LogP contribution in [-0.4, -0.2) is 58.9 Å². The van der Waals surface area contributed by atoms with Crippen molar-refractivity contribution >= 4 is 182 Å². The summed E-state index contributed by atoms with van der Waals surface area (Å²) in [4.78, 5) is 75.5. The Labute approximate surface area is 372 Å². The van der Waals surface area contributed by atoms with Gasteiger partial charge in [-0.05, 0) is 161 Å². The molecule has 2 aromatic carbocycles. The molecule has 0 saturated heterocycles. The maximum atomic E-state index is 12.9. The van der Waals surface area contributed by atoms with Gasteiger partial charge in [0, 0.05) is 33.1 Å². The molecule has 0 radical (unpaired) electrons. The Balaban J connectivity index is 1.91. The van der Waals surface area contributed by atoms with Crippen LogP contribution in [0.1, 0.15) is 119 Å². The van der Waals surface area contributed by atoms with Gasteiger partial charge in [-0.25, -0.2) is 9.59 Å². The maximum absolute atomic E-state index is 12.9. The highest BCUT2D eigenvalue weighted by atomic mass is 127. The zero-order chi connectivity index (χ0) is 37.7. The van der Waals surface area contributed by atoms with Gasteiger partial charge in [-0.1, -0.05) is 39.5 Å². The number of benzene rings is 2. The molecule has 0 aromatic heterocycles. The fourth-order valence-electron chi connectivity index (χ4n) is 4.66. The van der Waals surface area contributed by atoms with Crippen molar-refractivity contribution in [2.24, 2.45) is 0 Å². The van der Waals surface area contributed by atoms with Crippen LogP contribution in [0.4, 0.5) is 11.4 Å². The smallest absolute Gasteiger partial charge is 0.337 e.